The molecule has 0 atom stereocenters. The van der Waals surface area contributed by atoms with E-state index in [0.29, 0.717) is 18.1 Å². The summed E-state index contributed by atoms with van der Waals surface area (Å²) >= 11 is 0. The Hall–Kier alpha value is -3.93. The first-order chi connectivity index (χ1) is 16.9. The van der Waals surface area contributed by atoms with Gasteiger partial charge in [0.25, 0.3) is 0 Å². The predicted octanol–water partition coefficient (Wildman–Crippen LogP) is 5.67. The first-order valence-electron chi connectivity index (χ1n) is 11.6. The lowest BCUT2D eigenvalue weighted by Crippen LogP contribution is -2.21. The summed E-state index contributed by atoms with van der Waals surface area (Å²) in [5.74, 6) is -1.48. The highest BCUT2D eigenvalue weighted by Crippen LogP contribution is 2.35. The largest absolute Gasteiger partial charge is 0.488 e. The van der Waals surface area contributed by atoms with Crippen molar-refractivity contribution in [2.24, 2.45) is 0 Å². The molecule has 0 aromatic heterocycles. The second-order valence-corrected chi connectivity index (χ2v) is 8.33. The summed E-state index contributed by atoms with van der Waals surface area (Å²) in [6, 6.07) is 22.7. The molecule has 0 aliphatic rings. The Morgan fingerprint density at radius 3 is 1.83 bits per heavy atom. The minimum atomic E-state index is -1.01. The monoisotopic (exact) mass is 474 g/mol. The summed E-state index contributed by atoms with van der Waals surface area (Å²) in [5.41, 5.74) is 2.97. The molecule has 0 saturated carbocycles. The Morgan fingerprint density at radius 1 is 0.771 bits per heavy atom. The van der Waals surface area contributed by atoms with E-state index in [4.69, 9.17) is 14.2 Å². The molecule has 0 radical (unpaired) electrons. The van der Waals surface area contributed by atoms with Crippen molar-refractivity contribution in [1.82, 2.24) is 0 Å². The molecular formula is C29H30O6. The Balaban J connectivity index is 1.93. The van der Waals surface area contributed by atoms with Crippen LogP contribution in [-0.4, -0.2) is 24.1 Å². The van der Waals surface area contributed by atoms with Gasteiger partial charge in [-0.3, -0.25) is 9.59 Å². The minimum Gasteiger partial charge on any atom is -0.488 e. The van der Waals surface area contributed by atoms with Gasteiger partial charge in [-0.25, -0.2) is 4.79 Å². The molecule has 0 saturated heterocycles. The smallest absolute Gasteiger partial charge is 0.375 e. The highest BCUT2D eigenvalue weighted by molar-refractivity contribution is 6.38. The molecule has 35 heavy (non-hydrogen) atoms. The maximum atomic E-state index is 13.1. The van der Waals surface area contributed by atoms with E-state index in [1.165, 1.54) is 0 Å². The van der Waals surface area contributed by atoms with E-state index in [2.05, 4.69) is 0 Å². The Labute approximate surface area is 205 Å². The molecule has 0 heterocycles. The molecule has 182 valence electrons. The fraction of sp³-hybridized carbons (Fsp3) is 0.276. The van der Waals surface area contributed by atoms with E-state index in [9.17, 15) is 14.4 Å². The van der Waals surface area contributed by atoms with Gasteiger partial charge in [0.15, 0.2) is 5.78 Å². The second-order valence-electron chi connectivity index (χ2n) is 8.33. The highest BCUT2D eigenvalue weighted by Gasteiger charge is 2.25. The van der Waals surface area contributed by atoms with Gasteiger partial charge in [0.05, 0.1) is 18.6 Å². The van der Waals surface area contributed by atoms with Crippen LogP contribution in [0, 0.1) is 0 Å². The van der Waals surface area contributed by atoms with Gasteiger partial charge in [-0.1, -0.05) is 74.5 Å². The van der Waals surface area contributed by atoms with Crippen molar-refractivity contribution in [1.29, 1.82) is 0 Å². The summed E-state index contributed by atoms with van der Waals surface area (Å²) < 4.78 is 16.9. The highest BCUT2D eigenvalue weighted by atomic mass is 16.5. The van der Waals surface area contributed by atoms with Crippen molar-refractivity contribution in [3.05, 3.63) is 95.1 Å². The van der Waals surface area contributed by atoms with Gasteiger partial charge in [0, 0.05) is 6.07 Å². The number of esters is 1. The molecule has 3 rings (SSSR count). The number of carbonyl (C=O) groups excluding carboxylic acids is 3. The van der Waals surface area contributed by atoms with E-state index in [0.717, 1.165) is 16.7 Å². The van der Waals surface area contributed by atoms with Crippen LogP contribution in [0.3, 0.4) is 0 Å². The third-order valence-electron chi connectivity index (χ3n) is 5.33. The van der Waals surface area contributed by atoms with Crippen molar-refractivity contribution in [2.45, 2.75) is 46.3 Å². The van der Waals surface area contributed by atoms with Crippen LogP contribution in [0.25, 0.3) is 0 Å². The average Bonchev–Trinajstić information content (AvgIpc) is 2.87. The van der Waals surface area contributed by atoms with Crippen LogP contribution in [0.2, 0.25) is 0 Å². The summed E-state index contributed by atoms with van der Waals surface area (Å²) in [4.78, 5) is 37.1. The number of rotatable bonds is 12. The minimum absolute atomic E-state index is 0.0382. The molecule has 0 spiro atoms. The Morgan fingerprint density at radius 2 is 1.31 bits per heavy atom. The number of hydrogen-bond donors (Lipinski definition) is 0. The molecule has 0 fully saturated rings. The van der Waals surface area contributed by atoms with Crippen LogP contribution >= 0.6 is 0 Å². The van der Waals surface area contributed by atoms with Crippen molar-refractivity contribution in [3.8, 4) is 11.5 Å². The number of ether oxygens (including phenoxy) is 3. The maximum absolute atomic E-state index is 13.1. The number of carbonyl (C=O) groups is 3. The predicted molar refractivity (Wildman–Crippen MR) is 133 cm³/mol. The van der Waals surface area contributed by atoms with Gasteiger partial charge in [0.2, 0.25) is 5.78 Å². The third-order valence-corrected chi connectivity index (χ3v) is 5.33. The quantitative estimate of drug-likeness (QED) is 0.146. The first-order valence-corrected chi connectivity index (χ1v) is 11.6. The normalized spacial score (nSPS) is 10.6. The van der Waals surface area contributed by atoms with Gasteiger partial charge >= 0.3 is 5.97 Å². The number of hydrogen-bond acceptors (Lipinski definition) is 6. The van der Waals surface area contributed by atoms with Gasteiger partial charge in [-0.2, -0.15) is 0 Å². The van der Waals surface area contributed by atoms with Gasteiger partial charge < -0.3 is 14.2 Å². The third kappa shape index (κ3) is 7.27. The fourth-order valence-corrected chi connectivity index (χ4v) is 3.49. The molecule has 6 nitrogen and oxygen atoms in total. The van der Waals surface area contributed by atoms with Crippen LogP contribution in [0.4, 0.5) is 0 Å². The Bertz CT molecular complexity index is 1150. The van der Waals surface area contributed by atoms with Gasteiger partial charge in [-0.15, -0.1) is 0 Å². The molecular weight excluding hydrogens is 444 g/mol. The fourth-order valence-electron chi connectivity index (χ4n) is 3.49. The zero-order valence-electron chi connectivity index (χ0n) is 20.3. The SMILES string of the molecule is CCOC(=O)C(=O)CC(=O)c1cc(C(C)C)c(OCc2ccccc2)cc1OCc1ccccc1. The molecule has 0 bridgehead atoms. The standard InChI is InChI=1S/C29H30O6/c1-4-33-29(32)26(31)16-25(30)24-15-23(20(2)3)27(34-18-21-11-7-5-8-12-21)17-28(24)35-19-22-13-9-6-10-14-22/h5-15,17,20H,4,16,18-19H2,1-3H3. The van der Waals surface area contributed by atoms with Crippen LogP contribution in [0.1, 0.15) is 60.2 Å². The van der Waals surface area contributed by atoms with Crippen molar-refractivity contribution in [2.75, 3.05) is 6.61 Å². The molecule has 3 aromatic carbocycles. The van der Waals surface area contributed by atoms with Crippen LogP contribution in [-0.2, 0) is 27.5 Å². The number of benzene rings is 3. The van der Waals surface area contributed by atoms with Crippen LogP contribution < -0.4 is 9.47 Å². The van der Waals surface area contributed by atoms with E-state index < -0.39 is 24.0 Å². The maximum Gasteiger partial charge on any atom is 0.375 e. The molecule has 0 amide bonds. The summed E-state index contributed by atoms with van der Waals surface area (Å²) in [5, 5.41) is 0. The van der Waals surface area contributed by atoms with Crippen molar-refractivity contribution >= 4 is 17.5 Å². The van der Waals surface area contributed by atoms with E-state index in [1.54, 1.807) is 19.1 Å². The number of ketones is 2. The van der Waals surface area contributed by atoms with E-state index in [-0.39, 0.29) is 24.7 Å². The molecule has 0 aliphatic heterocycles. The lowest BCUT2D eigenvalue weighted by atomic mass is 9.95. The lowest BCUT2D eigenvalue weighted by molar-refractivity contribution is -0.153. The molecule has 3 aromatic rings. The van der Waals surface area contributed by atoms with E-state index >= 15 is 0 Å². The first kappa shape index (κ1) is 25.7. The summed E-state index contributed by atoms with van der Waals surface area (Å²) in [7, 11) is 0. The average molecular weight is 475 g/mol. The van der Waals surface area contributed by atoms with Crippen LogP contribution in [0.15, 0.2) is 72.8 Å². The van der Waals surface area contributed by atoms with Gasteiger partial charge in [-0.05, 0) is 35.6 Å². The van der Waals surface area contributed by atoms with Crippen LogP contribution in [0.5, 0.6) is 11.5 Å². The molecule has 0 aliphatic carbocycles. The van der Waals surface area contributed by atoms with Crippen molar-refractivity contribution < 1.29 is 28.6 Å². The lowest BCUT2D eigenvalue weighted by Gasteiger charge is -2.19. The van der Waals surface area contributed by atoms with Gasteiger partial charge in [0.1, 0.15) is 24.7 Å². The second kappa shape index (κ2) is 12.5. The molecule has 0 unspecified atom stereocenters. The zero-order valence-corrected chi connectivity index (χ0v) is 20.3. The van der Waals surface area contributed by atoms with Crippen molar-refractivity contribution in [3.63, 3.8) is 0 Å². The van der Waals surface area contributed by atoms with E-state index in [1.807, 2.05) is 74.5 Å². The summed E-state index contributed by atoms with van der Waals surface area (Å²) in [6.07, 6.45) is -0.595. The zero-order chi connectivity index (χ0) is 25.2. The molecule has 6 heteroatoms. The topological polar surface area (TPSA) is 78.9 Å². The Kier molecular flexibility index (Phi) is 9.18. The summed E-state index contributed by atoms with van der Waals surface area (Å²) in [6.45, 7) is 6.24. The number of Topliss-reactive ketones (excluding diaryl/α,β-unsaturated/α-hetero) is 2. The molecule has 0 N–H and O–H groups in total.